The number of rotatable bonds is 9. The fourth-order valence-corrected chi connectivity index (χ4v) is 5.09. The smallest absolute Gasteiger partial charge is 0.412 e. The van der Waals surface area contributed by atoms with Gasteiger partial charge in [-0.15, -0.1) is 0 Å². The molecule has 2 atom stereocenters. The maximum atomic E-state index is 12.6. The van der Waals surface area contributed by atoms with Gasteiger partial charge in [-0.1, -0.05) is 31.4 Å². The first-order chi connectivity index (χ1) is 17.5. The first-order valence-corrected chi connectivity index (χ1v) is 12.5. The van der Waals surface area contributed by atoms with Crippen molar-refractivity contribution in [3.05, 3.63) is 47.5 Å². The lowest BCUT2D eigenvalue weighted by Crippen LogP contribution is -2.38. The second kappa shape index (κ2) is 12.0. The Hall–Kier alpha value is -3.42. The van der Waals surface area contributed by atoms with E-state index in [0.29, 0.717) is 42.4 Å². The van der Waals surface area contributed by atoms with Crippen LogP contribution in [0.1, 0.15) is 43.2 Å². The van der Waals surface area contributed by atoms with Crippen molar-refractivity contribution in [1.82, 2.24) is 5.32 Å². The fourth-order valence-electron chi connectivity index (χ4n) is 5.09. The summed E-state index contributed by atoms with van der Waals surface area (Å²) in [5.41, 5.74) is 1.96. The number of nitrogens with one attached hydrogen (secondary N) is 1. The molecular formula is C28H35NO7. The molecule has 0 bridgehead atoms. The third-order valence-electron chi connectivity index (χ3n) is 7.07. The molecule has 36 heavy (non-hydrogen) atoms. The van der Waals surface area contributed by atoms with Gasteiger partial charge >= 0.3 is 12.1 Å². The Kier molecular flexibility index (Phi) is 8.57. The van der Waals surface area contributed by atoms with Crippen LogP contribution in [0.3, 0.4) is 0 Å². The quantitative estimate of drug-likeness (QED) is 0.502. The van der Waals surface area contributed by atoms with Crippen LogP contribution in [-0.4, -0.2) is 46.0 Å². The average Bonchev–Trinajstić information content (AvgIpc) is 3.23. The number of carbonyl (C=O) groups is 2. The summed E-state index contributed by atoms with van der Waals surface area (Å²) in [5, 5.41) is 2.95. The Bertz CT molecular complexity index is 1060. The molecule has 1 saturated heterocycles. The van der Waals surface area contributed by atoms with E-state index in [2.05, 4.69) is 5.32 Å². The van der Waals surface area contributed by atoms with Crippen LogP contribution in [0.4, 0.5) is 4.79 Å². The van der Waals surface area contributed by atoms with E-state index in [1.807, 2.05) is 30.3 Å². The molecule has 2 aliphatic rings. The maximum absolute atomic E-state index is 12.6. The van der Waals surface area contributed by atoms with Crippen molar-refractivity contribution in [2.45, 2.75) is 51.0 Å². The summed E-state index contributed by atoms with van der Waals surface area (Å²) >= 11 is 0. The lowest BCUT2D eigenvalue weighted by Gasteiger charge is -2.22. The zero-order valence-electron chi connectivity index (χ0n) is 21.2. The number of hydrogen-bond donors (Lipinski definition) is 1. The summed E-state index contributed by atoms with van der Waals surface area (Å²) in [4.78, 5) is 25.0. The van der Waals surface area contributed by atoms with Crippen LogP contribution in [-0.2, 0) is 22.4 Å². The topological polar surface area (TPSA) is 92.3 Å². The molecule has 0 unspecified atom stereocenters. The van der Waals surface area contributed by atoms with Crippen LogP contribution in [0.25, 0.3) is 0 Å². The van der Waals surface area contributed by atoms with Crippen LogP contribution in [0.15, 0.2) is 36.4 Å². The maximum Gasteiger partial charge on any atom is 0.412 e. The van der Waals surface area contributed by atoms with Gasteiger partial charge in [0.15, 0.2) is 23.0 Å². The van der Waals surface area contributed by atoms with Gasteiger partial charge in [0.05, 0.1) is 33.9 Å². The first kappa shape index (κ1) is 25.7. The lowest BCUT2D eigenvalue weighted by molar-refractivity contribution is -0.141. The van der Waals surface area contributed by atoms with Crippen molar-refractivity contribution in [2.24, 2.45) is 11.8 Å². The van der Waals surface area contributed by atoms with Gasteiger partial charge in [-0.3, -0.25) is 4.79 Å². The number of cyclic esters (lactones) is 1. The number of ether oxygens (including phenoxy) is 5. The van der Waals surface area contributed by atoms with Crippen molar-refractivity contribution >= 4 is 12.1 Å². The molecule has 1 heterocycles. The van der Waals surface area contributed by atoms with Gasteiger partial charge in [0.1, 0.15) is 0 Å². The van der Waals surface area contributed by atoms with E-state index in [-0.39, 0.29) is 23.8 Å². The van der Waals surface area contributed by atoms with E-state index in [4.69, 9.17) is 23.7 Å². The summed E-state index contributed by atoms with van der Waals surface area (Å²) in [6, 6.07) is 11.4. The largest absolute Gasteiger partial charge is 0.493 e. The Morgan fingerprint density at radius 2 is 1.47 bits per heavy atom. The number of carbonyl (C=O) groups excluding carboxylic acids is 2. The number of hydrogen-bond acceptors (Lipinski definition) is 7. The molecule has 1 N–H and O–H groups in total. The molecule has 1 saturated carbocycles. The summed E-state index contributed by atoms with van der Waals surface area (Å²) in [7, 11) is 4.74. The number of esters is 1. The van der Waals surface area contributed by atoms with Gasteiger partial charge in [-0.05, 0) is 61.1 Å². The third-order valence-corrected chi connectivity index (χ3v) is 7.07. The highest BCUT2D eigenvalue weighted by Gasteiger charge is 2.37. The minimum Gasteiger partial charge on any atom is -0.493 e. The molecule has 8 nitrogen and oxygen atoms in total. The second-order valence-corrected chi connectivity index (χ2v) is 9.45. The van der Waals surface area contributed by atoms with E-state index in [9.17, 15) is 9.59 Å². The van der Waals surface area contributed by atoms with Gasteiger partial charge in [0.2, 0.25) is 0 Å². The first-order valence-electron chi connectivity index (χ1n) is 12.5. The molecule has 0 radical (unpaired) electrons. The van der Waals surface area contributed by atoms with Crippen LogP contribution in [0.5, 0.6) is 23.0 Å². The molecule has 4 rings (SSSR count). The lowest BCUT2D eigenvalue weighted by atomic mass is 9.85. The summed E-state index contributed by atoms with van der Waals surface area (Å²) in [6.07, 6.45) is 6.13. The van der Waals surface area contributed by atoms with Crippen LogP contribution >= 0.6 is 0 Å². The molecule has 2 aromatic carbocycles. The number of amides is 1. The molecule has 8 heteroatoms. The van der Waals surface area contributed by atoms with Gasteiger partial charge in [0.25, 0.3) is 0 Å². The molecule has 2 fully saturated rings. The highest BCUT2D eigenvalue weighted by molar-refractivity contribution is 5.75. The fraction of sp³-hybridized carbons (Fsp3) is 0.500. The van der Waals surface area contributed by atoms with Crippen molar-refractivity contribution in [3.63, 3.8) is 0 Å². The van der Waals surface area contributed by atoms with Gasteiger partial charge < -0.3 is 29.0 Å². The van der Waals surface area contributed by atoms with Crippen molar-refractivity contribution in [1.29, 1.82) is 0 Å². The molecule has 0 aromatic heterocycles. The van der Waals surface area contributed by atoms with Gasteiger partial charge in [-0.25, -0.2) is 4.79 Å². The molecule has 0 spiro atoms. The molecule has 1 aliphatic heterocycles. The number of benzene rings is 2. The van der Waals surface area contributed by atoms with E-state index in [1.54, 1.807) is 20.3 Å². The highest BCUT2D eigenvalue weighted by atomic mass is 16.6. The molecule has 194 valence electrons. The Morgan fingerprint density at radius 3 is 2.14 bits per heavy atom. The standard InChI is InChI=1S/C28H35NO7/c1-32-23-11-9-18(15-25(23)33-2)13-20-17-35-27(30)22(20)14-19-10-12-24(26(16-19)34-3)36-28(31)29-21-7-5-4-6-8-21/h9-12,15-16,20-22H,4-8,13-14,17H2,1-3H3,(H,29,31)/t20-,22+/m0/s1. The van der Waals surface area contributed by atoms with E-state index in [0.717, 1.165) is 36.8 Å². The normalized spacial score (nSPS) is 19.9. The third kappa shape index (κ3) is 6.22. The molecule has 1 amide bonds. The van der Waals surface area contributed by atoms with Crippen molar-refractivity contribution in [2.75, 3.05) is 27.9 Å². The van der Waals surface area contributed by atoms with Crippen molar-refractivity contribution < 1.29 is 33.3 Å². The summed E-state index contributed by atoms with van der Waals surface area (Å²) in [6.45, 7) is 0.373. The minimum absolute atomic E-state index is 0.0267. The predicted molar refractivity (Wildman–Crippen MR) is 134 cm³/mol. The molecule has 1 aliphatic carbocycles. The van der Waals surface area contributed by atoms with Gasteiger partial charge in [0, 0.05) is 12.0 Å². The zero-order chi connectivity index (χ0) is 25.5. The highest BCUT2D eigenvalue weighted by Crippen LogP contribution is 2.35. The Balaban J connectivity index is 1.41. The summed E-state index contributed by atoms with van der Waals surface area (Å²) < 4.78 is 27.2. The minimum atomic E-state index is -0.470. The predicted octanol–water partition coefficient (Wildman–Crippen LogP) is 4.71. The van der Waals surface area contributed by atoms with Crippen molar-refractivity contribution in [3.8, 4) is 23.0 Å². The van der Waals surface area contributed by atoms with Crippen LogP contribution < -0.4 is 24.3 Å². The molecular weight excluding hydrogens is 462 g/mol. The number of methoxy groups -OCH3 is 3. The zero-order valence-corrected chi connectivity index (χ0v) is 21.2. The van der Waals surface area contributed by atoms with E-state index >= 15 is 0 Å². The Morgan fingerprint density at radius 1 is 0.861 bits per heavy atom. The van der Waals surface area contributed by atoms with Crippen LogP contribution in [0, 0.1) is 11.8 Å². The summed E-state index contributed by atoms with van der Waals surface area (Å²) in [5.74, 6) is 1.66. The second-order valence-electron chi connectivity index (χ2n) is 9.45. The van der Waals surface area contributed by atoms with E-state index in [1.165, 1.54) is 13.5 Å². The Labute approximate surface area is 212 Å². The average molecular weight is 498 g/mol. The monoisotopic (exact) mass is 497 g/mol. The SMILES string of the molecule is COc1ccc(C[C@H]2COC(=O)[C@@H]2Cc2ccc(OC(=O)NC3CCCCC3)c(OC)c2)cc1OC. The van der Waals surface area contributed by atoms with Crippen LogP contribution in [0.2, 0.25) is 0 Å². The van der Waals surface area contributed by atoms with E-state index < -0.39 is 6.09 Å². The molecule has 2 aromatic rings. The van der Waals surface area contributed by atoms with Gasteiger partial charge in [-0.2, -0.15) is 0 Å².